The molecule has 1 atom stereocenters. The lowest BCUT2D eigenvalue weighted by Crippen LogP contribution is -2.01. The lowest BCUT2D eigenvalue weighted by atomic mass is 10.5. The highest BCUT2D eigenvalue weighted by atomic mass is 32.2. The molecule has 11 heavy (non-hydrogen) atoms. The van der Waals surface area contributed by atoms with Crippen molar-refractivity contribution in [2.75, 3.05) is 6.61 Å². The summed E-state index contributed by atoms with van der Waals surface area (Å²) in [5.41, 5.74) is 0. The van der Waals surface area contributed by atoms with Gasteiger partial charge in [0.25, 0.3) is 0 Å². The van der Waals surface area contributed by atoms with Gasteiger partial charge in [-0.3, -0.25) is 5.10 Å². The van der Waals surface area contributed by atoms with E-state index in [4.69, 9.17) is 5.11 Å². The van der Waals surface area contributed by atoms with Crippen LogP contribution in [-0.2, 0) is 0 Å². The smallest absolute Gasteiger partial charge is 0.208 e. The van der Waals surface area contributed by atoms with Gasteiger partial charge >= 0.3 is 0 Å². The molecule has 0 fully saturated rings. The van der Waals surface area contributed by atoms with E-state index in [9.17, 15) is 0 Å². The van der Waals surface area contributed by atoms with E-state index in [-0.39, 0.29) is 11.9 Å². The standard InChI is InChI=1S/C6H11N3OS/c1-4(3-10)11-6-7-5(2)8-9-6/h4,10H,3H2,1-2H3,(H,7,8,9). The number of nitrogens with one attached hydrogen (secondary N) is 1. The van der Waals surface area contributed by atoms with Gasteiger partial charge in [0, 0.05) is 5.25 Å². The van der Waals surface area contributed by atoms with E-state index >= 15 is 0 Å². The molecule has 0 amide bonds. The molecule has 0 radical (unpaired) electrons. The second-order valence-electron chi connectivity index (χ2n) is 2.31. The molecular weight excluding hydrogens is 162 g/mol. The van der Waals surface area contributed by atoms with Gasteiger partial charge in [-0.05, 0) is 6.92 Å². The summed E-state index contributed by atoms with van der Waals surface area (Å²) in [6, 6.07) is 0. The van der Waals surface area contributed by atoms with Crippen LogP contribution in [0.3, 0.4) is 0 Å². The zero-order valence-corrected chi connectivity index (χ0v) is 7.35. The van der Waals surface area contributed by atoms with E-state index in [1.165, 1.54) is 11.8 Å². The van der Waals surface area contributed by atoms with Gasteiger partial charge in [0.1, 0.15) is 5.82 Å². The van der Waals surface area contributed by atoms with Crippen molar-refractivity contribution in [3.8, 4) is 0 Å². The molecule has 1 rings (SSSR count). The highest BCUT2D eigenvalue weighted by Crippen LogP contribution is 2.17. The largest absolute Gasteiger partial charge is 0.395 e. The molecule has 1 heterocycles. The normalized spacial score (nSPS) is 13.4. The molecule has 0 saturated carbocycles. The number of rotatable bonds is 3. The van der Waals surface area contributed by atoms with Gasteiger partial charge in [0.05, 0.1) is 6.61 Å². The Bertz CT molecular complexity index is 225. The Morgan fingerprint density at radius 2 is 2.45 bits per heavy atom. The number of aliphatic hydroxyl groups is 1. The van der Waals surface area contributed by atoms with Crippen LogP contribution in [-0.4, -0.2) is 32.1 Å². The average Bonchev–Trinajstić information content (AvgIpc) is 2.35. The summed E-state index contributed by atoms with van der Waals surface area (Å²) in [5, 5.41) is 16.2. The molecule has 62 valence electrons. The Labute approximate surface area is 69.4 Å². The molecule has 0 aliphatic carbocycles. The fraction of sp³-hybridized carbons (Fsp3) is 0.667. The molecule has 2 N–H and O–H groups in total. The summed E-state index contributed by atoms with van der Waals surface area (Å²) in [7, 11) is 0. The predicted molar refractivity (Wildman–Crippen MR) is 43.5 cm³/mol. The van der Waals surface area contributed by atoms with Gasteiger partial charge in [-0.25, -0.2) is 4.98 Å². The van der Waals surface area contributed by atoms with Gasteiger partial charge in [-0.2, -0.15) is 0 Å². The first-order valence-corrected chi connectivity index (χ1v) is 4.27. The van der Waals surface area contributed by atoms with E-state index in [0.717, 1.165) is 5.82 Å². The van der Waals surface area contributed by atoms with Crippen molar-refractivity contribution in [3.63, 3.8) is 0 Å². The lowest BCUT2D eigenvalue weighted by Gasteiger charge is -2.01. The molecular formula is C6H11N3OS. The van der Waals surface area contributed by atoms with Crippen LogP contribution in [0.2, 0.25) is 0 Å². The Hall–Kier alpha value is -0.550. The Kier molecular flexibility index (Phi) is 2.90. The van der Waals surface area contributed by atoms with Crippen LogP contribution in [0.5, 0.6) is 0 Å². The van der Waals surface area contributed by atoms with Crippen LogP contribution in [0.1, 0.15) is 12.7 Å². The fourth-order valence-corrected chi connectivity index (χ4v) is 1.31. The van der Waals surface area contributed by atoms with Crippen LogP contribution in [0, 0.1) is 6.92 Å². The first-order chi connectivity index (χ1) is 5.22. The lowest BCUT2D eigenvalue weighted by molar-refractivity contribution is 0.300. The minimum Gasteiger partial charge on any atom is -0.395 e. The van der Waals surface area contributed by atoms with Crippen molar-refractivity contribution in [1.82, 2.24) is 15.2 Å². The van der Waals surface area contributed by atoms with Crippen LogP contribution in [0.25, 0.3) is 0 Å². The minimum atomic E-state index is 0.151. The Balaban J connectivity index is 2.50. The summed E-state index contributed by atoms with van der Waals surface area (Å²) in [5.74, 6) is 0.803. The van der Waals surface area contributed by atoms with E-state index in [1.54, 1.807) is 0 Å². The topological polar surface area (TPSA) is 61.8 Å². The molecule has 0 spiro atoms. The molecule has 0 aliphatic rings. The Morgan fingerprint density at radius 3 is 2.91 bits per heavy atom. The van der Waals surface area contributed by atoms with E-state index in [0.29, 0.717) is 5.16 Å². The first-order valence-electron chi connectivity index (χ1n) is 3.39. The number of thioether (sulfide) groups is 1. The second kappa shape index (κ2) is 3.73. The molecule has 1 aromatic rings. The van der Waals surface area contributed by atoms with Crippen molar-refractivity contribution in [1.29, 1.82) is 0 Å². The number of aromatic nitrogens is 3. The number of hydrogen-bond donors (Lipinski definition) is 2. The molecule has 0 bridgehead atoms. The van der Waals surface area contributed by atoms with Crippen molar-refractivity contribution in [2.45, 2.75) is 24.3 Å². The van der Waals surface area contributed by atoms with Gasteiger partial charge in [0.15, 0.2) is 0 Å². The van der Waals surface area contributed by atoms with Crippen molar-refractivity contribution in [3.05, 3.63) is 5.82 Å². The second-order valence-corrected chi connectivity index (χ2v) is 3.72. The number of aryl methyl sites for hydroxylation is 1. The summed E-state index contributed by atoms with van der Waals surface area (Å²) in [4.78, 5) is 4.08. The summed E-state index contributed by atoms with van der Waals surface area (Å²) < 4.78 is 0. The predicted octanol–water partition coefficient (Wildman–Crippen LogP) is 0.586. The average molecular weight is 173 g/mol. The highest BCUT2D eigenvalue weighted by Gasteiger charge is 2.05. The van der Waals surface area contributed by atoms with Crippen LogP contribution < -0.4 is 0 Å². The number of H-pyrrole nitrogens is 1. The zero-order valence-electron chi connectivity index (χ0n) is 6.53. The van der Waals surface area contributed by atoms with Gasteiger partial charge < -0.3 is 5.11 Å². The van der Waals surface area contributed by atoms with Crippen LogP contribution in [0.15, 0.2) is 5.16 Å². The van der Waals surface area contributed by atoms with E-state index in [2.05, 4.69) is 15.2 Å². The van der Waals surface area contributed by atoms with E-state index < -0.39 is 0 Å². The third-order valence-corrected chi connectivity index (χ3v) is 2.09. The van der Waals surface area contributed by atoms with Crippen molar-refractivity contribution < 1.29 is 5.11 Å². The number of nitrogens with zero attached hydrogens (tertiary/aromatic N) is 2. The maximum absolute atomic E-state index is 8.72. The summed E-state index contributed by atoms with van der Waals surface area (Å²) in [6.45, 7) is 3.93. The number of aliphatic hydroxyl groups excluding tert-OH is 1. The fourth-order valence-electron chi connectivity index (χ4n) is 0.592. The molecule has 1 aromatic heterocycles. The van der Waals surface area contributed by atoms with Gasteiger partial charge in [0.2, 0.25) is 5.16 Å². The molecule has 0 saturated heterocycles. The highest BCUT2D eigenvalue weighted by molar-refractivity contribution is 7.99. The summed E-state index contributed by atoms with van der Waals surface area (Å²) in [6.07, 6.45) is 0. The number of aromatic amines is 1. The minimum absolute atomic E-state index is 0.151. The van der Waals surface area contributed by atoms with Gasteiger partial charge in [-0.15, -0.1) is 5.10 Å². The maximum atomic E-state index is 8.72. The van der Waals surface area contributed by atoms with Gasteiger partial charge in [-0.1, -0.05) is 18.7 Å². The van der Waals surface area contributed by atoms with Crippen molar-refractivity contribution in [2.24, 2.45) is 0 Å². The quantitative estimate of drug-likeness (QED) is 0.656. The molecule has 1 unspecified atom stereocenters. The SMILES string of the molecule is Cc1nc(SC(C)CO)n[nH]1. The maximum Gasteiger partial charge on any atom is 0.208 e. The monoisotopic (exact) mass is 173 g/mol. The molecule has 0 aromatic carbocycles. The van der Waals surface area contributed by atoms with Crippen LogP contribution in [0.4, 0.5) is 0 Å². The number of hydrogen-bond acceptors (Lipinski definition) is 4. The molecule has 0 aliphatic heterocycles. The molecule has 5 heteroatoms. The first kappa shape index (κ1) is 8.55. The summed E-state index contributed by atoms with van der Waals surface area (Å²) >= 11 is 1.46. The Morgan fingerprint density at radius 1 is 1.73 bits per heavy atom. The zero-order chi connectivity index (χ0) is 8.27. The molecule has 4 nitrogen and oxygen atoms in total. The third-order valence-electron chi connectivity index (χ3n) is 1.14. The van der Waals surface area contributed by atoms with Crippen molar-refractivity contribution >= 4 is 11.8 Å². The van der Waals surface area contributed by atoms with E-state index in [1.807, 2.05) is 13.8 Å². The van der Waals surface area contributed by atoms with Crippen LogP contribution >= 0.6 is 11.8 Å². The third kappa shape index (κ3) is 2.51.